The molecule has 1 fully saturated rings. The smallest absolute Gasteiger partial charge is 0.225 e. The lowest BCUT2D eigenvalue weighted by molar-refractivity contribution is -0.135. The minimum Gasteiger partial charge on any atom is -0.368 e. The van der Waals surface area contributed by atoms with Crippen molar-refractivity contribution in [1.29, 1.82) is 0 Å². The van der Waals surface area contributed by atoms with Gasteiger partial charge in [-0.25, -0.2) is 0 Å². The molecule has 0 bridgehead atoms. The lowest BCUT2D eigenvalue weighted by atomic mass is 9.95. The third kappa shape index (κ3) is 6.02. The summed E-state index contributed by atoms with van der Waals surface area (Å²) in [5.41, 5.74) is 11.3. The Morgan fingerprint density at radius 3 is 2.39 bits per heavy atom. The largest absolute Gasteiger partial charge is 0.368 e. The second-order valence-corrected chi connectivity index (χ2v) is 9.72. The first-order chi connectivity index (χ1) is 14.8. The van der Waals surface area contributed by atoms with Crippen LogP contribution in [-0.4, -0.2) is 37.0 Å². The molecule has 2 aromatic rings. The zero-order valence-corrected chi connectivity index (χ0v) is 20.0. The van der Waals surface area contributed by atoms with E-state index in [1.54, 1.807) is 0 Å². The van der Waals surface area contributed by atoms with E-state index in [-0.39, 0.29) is 17.9 Å². The first-order valence-corrected chi connectivity index (χ1v) is 11.8. The molecule has 0 unspecified atom stereocenters. The van der Waals surface area contributed by atoms with E-state index in [2.05, 4.69) is 49.9 Å². The number of nitrogens with zero attached hydrogens (tertiary/aromatic N) is 2. The van der Waals surface area contributed by atoms with Crippen molar-refractivity contribution >= 4 is 23.2 Å². The Kier molecular flexibility index (Phi) is 8.01. The number of anilines is 1. The number of carbonyl (C=O) groups excluding carboxylic acids is 1. The predicted octanol–water partition coefficient (Wildman–Crippen LogP) is 5.22. The van der Waals surface area contributed by atoms with E-state index in [4.69, 9.17) is 17.3 Å². The highest BCUT2D eigenvalue weighted by Gasteiger charge is 2.27. The lowest BCUT2D eigenvalue weighted by Crippen LogP contribution is -2.50. The van der Waals surface area contributed by atoms with Gasteiger partial charge in [-0.1, -0.05) is 56.6 Å². The highest BCUT2D eigenvalue weighted by Crippen LogP contribution is 2.30. The predicted molar refractivity (Wildman–Crippen MR) is 131 cm³/mol. The van der Waals surface area contributed by atoms with Gasteiger partial charge in [-0.15, -0.1) is 0 Å². The molecule has 4 nitrogen and oxygen atoms in total. The van der Waals surface area contributed by atoms with Crippen LogP contribution in [0.25, 0.3) is 0 Å². The van der Waals surface area contributed by atoms with Crippen LogP contribution in [0.15, 0.2) is 42.5 Å². The number of aryl methyl sites for hydroxylation is 1. The molecule has 2 N–H and O–H groups in total. The Balaban J connectivity index is 1.61. The molecule has 1 aliphatic heterocycles. The van der Waals surface area contributed by atoms with E-state index in [1.807, 2.05) is 30.0 Å². The van der Waals surface area contributed by atoms with Crippen LogP contribution in [0.2, 0.25) is 5.02 Å². The molecule has 1 aliphatic rings. The maximum atomic E-state index is 13.1. The molecular weight excluding hydrogens is 406 g/mol. The third-order valence-corrected chi connectivity index (χ3v) is 6.48. The second-order valence-electron chi connectivity index (χ2n) is 9.28. The van der Waals surface area contributed by atoms with Gasteiger partial charge in [0.1, 0.15) is 0 Å². The first kappa shape index (κ1) is 23.6. The van der Waals surface area contributed by atoms with Gasteiger partial charge in [0.05, 0.1) is 0 Å². The molecule has 2 atom stereocenters. The SMILES string of the molecule is Cc1cc(Cl)ccc1C[C@@H](C)C(=O)N1CCN(c2ccccc2[C@@H](N)CC(C)C)CC1. The summed E-state index contributed by atoms with van der Waals surface area (Å²) in [6.07, 6.45) is 1.71. The molecule has 0 radical (unpaired) electrons. The van der Waals surface area contributed by atoms with Gasteiger partial charge in [0.15, 0.2) is 0 Å². The van der Waals surface area contributed by atoms with Crippen molar-refractivity contribution < 1.29 is 4.79 Å². The van der Waals surface area contributed by atoms with Gasteiger partial charge < -0.3 is 15.5 Å². The number of piperazine rings is 1. The van der Waals surface area contributed by atoms with Gasteiger partial charge in [0.25, 0.3) is 0 Å². The zero-order valence-electron chi connectivity index (χ0n) is 19.3. The molecule has 5 heteroatoms. The number of hydrogen-bond donors (Lipinski definition) is 1. The van der Waals surface area contributed by atoms with Crippen LogP contribution in [0.3, 0.4) is 0 Å². The summed E-state index contributed by atoms with van der Waals surface area (Å²) in [4.78, 5) is 17.5. The molecule has 3 rings (SSSR count). The summed E-state index contributed by atoms with van der Waals surface area (Å²) in [5, 5.41) is 0.741. The Labute approximate surface area is 192 Å². The summed E-state index contributed by atoms with van der Waals surface area (Å²) in [6.45, 7) is 11.7. The van der Waals surface area contributed by atoms with Crippen LogP contribution in [0.4, 0.5) is 5.69 Å². The molecule has 31 heavy (non-hydrogen) atoms. The van der Waals surface area contributed by atoms with Crippen molar-refractivity contribution in [3.05, 3.63) is 64.2 Å². The normalized spacial score (nSPS) is 16.5. The topological polar surface area (TPSA) is 49.6 Å². The van der Waals surface area contributed by atoms with E-state index in [1.165, 1.54) is 16.8 Å². The highest BCUT2D eigenvalue weighted by atomic mass is 35.5. The number of benzene rings is 2. The average molecular weight is 442 g/mol. The van der Waals surface area contributed by atoms with Gasteiger partial charge in [-0.05, 0) is 60.6 Å². The van der Waals surface area contributed by atoms with Gasteiger partial charge in [0, 0.05) is 48.8 Å². The Bertz CT molecular complexity index is 890. The average Bonchev–Trinajstić information content (AvgIpc) is 2.74. The molecule has 1 heterocycles. The maximum Gasteiger partial charge on any atom is 0.225 e. The molecule has 0 spiro atoms. The fraction of sp³-hybridized carbons (Fsp3) is 0.500. The van der Waals surface area contributed by atoms with Crippen molar-refractivity contribution in [2.24, 2.45) is 17.6 Å². The quantitative estimate of drug-likeness (QED) is 0.640. The number of carbonyl (C=O) groups is 1. The fourth-order valence-electron chi connectivity index (χ4n) is 4.51. The first-order valence-electron chi connectivity index (χ1n) is 11.4. The summed E-state index contributed by atoms with van der Waals surface area (Å²) < 4.78 is 0. The summed E-state index contributed by atoms with van der Waals surface area (Å²) >= 11 is 6.07. The van der Waals surface area contributed by atoms with Gasteiger partial charge >= 0.3 is 0 Å². The van der Waals surface area contributed by atoms with Gasteiger partial charge in [-0.3, -0.25) is 4.79 Å². The number of rotatable bonds is 7. The molecule has 1 saturated heterocycles. The molecule has 1 amide bonds. The minimum atomic E-state index is -0.0434. The number of hydrogen-bond acceptors (Lipinski definition) is 3. The Morgan fingerprint density at radius 1 is 1.06 bits per heavy atom. The molecule has 0 saturated carbocycles. The minimum absolute atomic E-state index is 0.0403. The van der Waals surface area contributed by atoms with Crippen molar-refractivity contribution in [2.75, 3.05) is 31.1 Å². The number of nitrogens with two attached hydrogens (primary N) is 1. The lowest BCUT2D eigenvalue weighted by Gasteiger charge is -2.38. The van der Waals surface area contributed by atoms with Crippen LogP contribution >= 0.6 is 11.6 Å². The van der Waals surface area contributed by atoms with Crippen LogP contribution in [-0.2, 0) is 11.2 Å². The van der Waals surface area contributed by atoms with E-state index in [9.17, 15) is 4.79 Å². The molecular formula is C26H36ClN3O. The zero-order chi connectivity index (χ0) is 22.5. The Hall–Kier alpha value is -2.04. The van der Waals surface area contributed by atoms with E-state index in [0.29, 0.717) is 5.92 Å². The summed E-state index contributed by atoms with van der Waals surface area (Å²) in [5.74, 6) is 0.750. The number of amides is 1. The van der Waals surface area contributed by atoms with Gasteiger partial charge in [0.2, 0.25) is 5.91 Å². The van der Waals surface area contributed by atoms with Crippen LogP contribution in [0.1, 0.15) is 49.9 Å². The van der Waals surface area contributed by atoms with E-state index in [0.717, 1.165) is 49.6 Å². The van der Waals surface area contributed by atoms with Crippen LogP contribution in [0.5, 0.6) is 0 Å². The van der Waals surface area contributed by atoms with Crippen molar-refractivity contribution in [3.8, 4) is 0 Å². The van der Waals surface area contributed by atoms with Crippen molar-refractivity contribution in [1.82, 2.24) is 4.90 Å². The maximum absolute atomic E-state index is 13.1. The number of halogens is 1. The van der Waals surface area contributed by atoms with Crippen molar-refractivity contribution in [3.63, 3.8) is 0 Å². The standard InChI is InChI=1S/C26H36ClN3O/c1-18(2)15-24(28)23-7-5-6-8-25(23)29-11-13-30(14-12-29)26(31)20(4)16-21-9-10-22(27)17-19(21)3/h5-10,17-18,20,24H,11-16,28H2,1-4H3/t20-,24+/m1/s1. The molecule has 168 valence electrons. The monoisotopic (exact) mass is 441 g/mol. The number of para-hydroxylation sites is 1. The summed E-state index contributed by atoms with van der Waals surface area (Å²) in [6, 6.07) is 14.4. The van der Waals surface area contributed by atoms with Crippen molar-refractivity contribution in [2.45, 2.75) is 46.6 Å². The summed E-state index contributed by atoms with van der Waals surface area (Å²) in [7, 11) is 0. The second kappa shape index (κ2) is 10.5. The fourth-order valence-corrected chi connectivity index (χ4v) is 4.74. The van der Waals surface area contributed by atoms with Crippen LogP contribution < -0.4 is 10.6 Å². The van der Waals surface area contributed by atoms with Crippen LogP contribution in [0, 0.1) is 18.8 Å². The highest BCUT2D eigenvalue weighted by molar-refractivity contribution is 6.30. The third-order valence-electron chi connectivity index (χ3n) is 6.25. The van der Waals surface area contributed by atoms with E-state index >= 15 is 0 Å². The molecule has 0 aliphatic carbocycles. The molecule has 0 aromatic heterocycles. The molecule has 2 aromatic carbocycles. The van der Waals surface area contributed by atoms with Gasteiger partial charge in [-0.2, -0.15) is 0 Å². The van der Waals surface area contributed by atoms with E-state index < -0.39 is 0 Å². The Morgan fingerprint density at radius 2 is 1.74 bits per heavy atom.